The Balaban J connectivity index is 1.90. The number of methoxy groups -OCH3 is 1. The van der Waals surface area contributed by atoms with E-state index in [-0.39, 0.29) is 12.3 Å². The van der Waals surface area contributed by atoms with Crippen LogP contribution in [0.3, 0.4) is 0 Å². The van der Waals surface area contributed by atoms with Crippen LogP contribution in [0.2, 0.25) is 5.02 Å². The van der Waals surface area contributed by atoms with Crippen LogP contribution in [-0.2, 0) is 14.8 Å². The normalized spacial score (nSPS) is 16.3. The number of carbonyl (C=O) groups excluding carboxylic acids is 1. The zero-order valence-electron chi connectivity index (χ0n) is 14.8. The van der Waals surface area contributed by atoms with Gasteiger partial charge in [0.25, 0.3) is 5.91 Å². The lowest BCUT2D eigenvalue weighted by Crippen LogP contribution is -2.49. The van der Waals surface area contributed by atoms with Gasteiger partial charge < -0.3 is 14.8 Å². The molecule has 1 heterocycles. The van der Waals surface area contributed by atoms with Gasteiger partial charge in [-0.2, -0.15) is 0 Å². The van der Waals surface area contributed by atoms with E-state index in [2.05, 4.69) is 5.32 Å². The van der Waals surface area contributed by atoms with E-state index >= 15 is 0 Å². The topological polar surface area (TPSA) is 84.9 Å². The van der Waals surface area contributed by atoms with E-state index in [1.54, 1.807) is 49.4 Å². The fraction of sp³-hybridized carbons (Fsp3) is 0.278. The summed E-state index contributed by atoms with van der Waals surface area (Å²) in [6.07, 6.45) is -1.02. The summed E-state index contributed by atoms with van der Waals surface area (Å²) in [7, 11) is -2.09. The van der Waals surface area contributed by atoms with Crippen molar-refractivity contribution in [3.05, 3.63) is 47.5 Å². The van der Waals surface area contributed by atoms with Gasteiger partial charge in [0.2, 0.25) is 10.0 Å². The second kappa shape index (κ2) is 7.66. The molecule has 1 unspecified atom stereocenters. The zero-order chi connectivity index (χ0) is 19.6. The number of benzene rings is 2. The van der Waals surface area contributed by atoms with Crippen LogP contribution in [0.5, 0.6) is 11.5 Å². The van der Waals surface area contributed by atoms with Crippen molar-refractivity contribution in [2.75, 3.05) is 29.0 Å². The molecule has 0 bridgehead atoms. The molecule has 0 aliphatic carbocycles. The number of amides is 1. The SMILES string of the molecule is CCS(=O)(=O)N1CC(C(=O)Nc2cc(Cl)ccc2OC)Oc2ccccc21. The number of para-hydroxylation sites is 2. The molecule has 0 radical (unpaired) electrons. The van der Waals surface area contributed by atoms with Crippen molar-refractivity contribution < 1.29 is 22.7 Å². The molecule has 1 atom stereocenters. The Morgan fingerprint density at radius 3 is 2.78 bits per heavy atom. The van der Waals surface area contributed by atoms with Crippen molar-refractivity contribution in [2.24, 2.45) is 0 Å². The third-order valence-electron chi connectivity index (χ3n) is 4.15. The molecule has 1 amide bonds. The smallest absolute Gasteiger partial charge is 0.267 e. The molecule has 3 rings (SSSR count). The molecule has 7 nitrogen and oxygen atoms in total. The predicted molar refractivity (Wildman–Crippen MR) is 104 cm³/mol. The van der Waals surface area contributed by atoms with E-state index < -0.39 is 22.0 Å². The lowest BCUT2D eigenvalue weighted by Gasteiger charge is -2.34. The molecular formula is C18H19ClN2O5S. The number of anilines is 2. The number of sulfonamides is 1. The van der Waals surface area contributed by atoms with Crippen LogP contribution in [-0.4, -0.2) is 39.8 Å². The summed E-state index contributed by atoms with van der Waals surface area (Å²) in [5, 5.41) is 3.12. The molecule has 2 aromatic carbocycles. The summed E-state index contributed by atoms with van der Waals surface area (Å²) in [4.78, 5) is 12.8. The van der Waals surface area contributed by atoms with Crippen molar-refractivity contribution >= 4 is 38.9 Å². The van der Waals surface area contributed by atoms with Gasteiger partial charge in [-0.25, -0.2) is 8.42 Å². The Kier molecular flexibility index (Phi) is 5.48. The van der Waals surface area contributed by atoms with E-state index in [1.807, 2.05) is 0 Å². The highest BCUT2D eigenvalue weighted by molar-refractivity contribution is 7.92. The maximum atomic E-state index is 12.8. The Labute approximate surface area is 162 Å². The lowest BCUT2D eigenvalue weighted by molar-refractivity contribution is -0.122. The van der Waals surface area contributed by atoms with Gasteiger partial charge in [-0.05, 0) is 37.3 Å². The number of nitrogens with one attached hydrogen (secondary N) is 1. The van der Waals surface area contributed by atoms with Crippen LogP contribution < -0.4 is 19.1 Å². The fourth-order valence-corrected chi connectivity index (χ4v) is 4.05. The molecular weight excluding hydrogens is 392 g/mol. The van der Waals surface area contributed by atoms with E-state index in [4.69, 9.17) is 21.1 Å². The van der Waals surface area contributed by atoms with Gasteiger partial charge in [0.15, 0.2) is 6.10 Å². The summed E-state index contributed by atoms with van der Waals surface area (Å²) < 4.78 is 37.2. The number of hydrogen-bond acceptors (Lipinski definition) is 5. The van der Waals surface area contributed by atoms with Gasteiger partial charge in [-0.15, -0.1) is 0 Å². The summed E-state index contributed by atoms with van der Waals surface area (Å²) in [5.41, 5.74) is 0.797. The first-order valence-corrected chi connectivity index (χ1v) is 10.2. The highest BCUT2D eigenvalue weighted by Gasteiger charge is 2.36. The molecule has 27 heavy (non-hydrogen) atoms. The number of ether oxygens (including phenoxy) is 2. The van der Waals surface area contributed by atoms with Gasteiger partial charge in [0.05, 0.1) is 30.8 Å². The van der Waals surface area contributed by atoms with Crippen molar-refractivity contribution in [2.45, 2.75) is 13.0 Å². The number of hydrogen-bond donors (Lipinski definition) is 1. The van der Waals surface area contributed by atoms with Crippen LogP contribution in [0.4, 0.5) is 11.4 Å². The van der Waals surface area contributed by atoms with Crippen LogP contribution in [0, 0.1) is 0 Å². The molecule has 0 fully saturated rings. The first kappa shape index (κ1) is 19.3. The average Bonchev–Trinajstić information content (AvgIpc) is 2.67. The van der Waals surface area contributed by atoms with Crippen LogP contribution >= 0.6 is 11.6 Å². The van der Waals surface area contributed by atoms with Gasteiger partial charge in [0, 0.05) is 5.02 Å². The molecule has 1 N–H and O–H groups in total. The first-order valence-electron chi connectivity index (χ1n) is 8.26. The van der Waals surface area contributed by atoms with E-state index in [9.17, 15) is 13.2 Å². The van der Waals surface area contributed by atoms with Gasteiger partial charge in [0.1, 0.15) is 11.5 Å². The Morgan fingerprint density at radius 2 is 2.07 bits per heavy atom. The second-order valence-electron chi connectivity index (χ2n) is 5.84. The predicted octanol–water partition coefficient (Wildman–Crippen LogP) is 2.90. The first-order chi connectivity index (χ1) is 12.9. The minimum absolute atomic E-state index is 0.0855. The Hall–Kier alpha value is -2.45. The minimum Gasteiger partial charge on any atom is -0.495 e. The lowest BCUT2D eigenvalue weighted by atomic mass is 10.2. The standard InChI is InChI=1S/C18H19ClN2O5S/c1-3-27(23,24)21-11-17(26-16-7-5-4-6-14(16)21)18(22)20-13-10-12(19)8-9-15(13)25-2/h4-10,17H,3,11H2,1-2H3,(H,20,22). The van der Waals surface area contributed by atoms with Gasteiger partial charge >= 0.3 is 0 Å². The van der Waals surface area contributed by atoms with Gasteiger partial charge in [-0.1, -0.05) is 23.7 Å². The zero-order valence-corrected chi connectivity index (χ0v) is 16.4. The minimum atomic E-state index is -3.57. The molecule has 0 saturated heterocycles. The number of halogens is 1. The second-order valence-corrected chi connectivity index (χ2v) is 8.46. The maximum absolute atomic E-state index is 12.8. The quantitative estimate of drug-likeness (QED) is 0.819. The number of nitrogens with zero attached hydrogens (tertiary/aromatic N) is 1. The Bertz CT molecular complexity index is 964. The molecule has 1 aliphatic heterocycles. The Morgan fingerprint density at radius 1 is 1.33 bits per heavy atom. The van der Waals surface area contributed by atoms with Crippen molar-refractivity contribution in [3.8, 4) is 11.5 Å². The third-order valence-corrected chi connectivity index (χ3v) is 6.13. The summed E-state index contributed by atoms with van der Waals surface area (Å²) in [5.74, 6) is 0.181. The maximum Gasteiger partial charge on any atom is 0.267 e. The molecule has 0 aromatic heterocycles. The molecule has 1 aliphatic rings. The van der Waals surface area contributed by atoms with E-state index in [0.717, 1.165) is 0 Å². The van der Waals surface area contributed by atoms with Crippen LogP contribution in [0.1, 0.15) is 6.92 Å². The fourth-order valence-electron chi connectivity index (χ4n) is 2.75. The van der Waals surface area contributed by atoms with Crippen molar-refractivity contribution in [3.63, 3.8) is 0 Å². The monoisotopic (exact) mass is 410 g/mol. The summed E-state index contributed by atoms with van der Waals surface area (Å²) in [6.45, 7) is 1.43. The molecule has 2 aromatic rings. The third kappa shape index (κ3) is 3.96. The number of fused-ring (bicyclic) bond motifs is 1. The van der Waals surface area contributed by atoms with Crippen LogP contribution in [0.15, 0.2) is 42.5 Å². The highest BCUT2D eigenvalue weighted by Crippen LogP contribution is 2.35. The molecule has 144 valence electrons. The number of rotatable bonds is 5. The van der Waals surface area contributed by atoms with Crippen molar-refractivity contribution in [1.29, 1.82) is 0 Å². The van der Waals surface area contributed by atoms with Gasteiger partial charge in [-0.3, -0.25) is 9.10 Å². The summed E-state index contributed by atoms with van der Waals surface area (Å²) >= 11 is 5.99. The van der Waals surface area contributed by atoms with Crippen LogP contribution in [0.25, 0.3) is 0 Å². The largest absolute Gasteiger partial charge is 0.495 e. The highest BCUT2D eigenvalue weighted by atomic mass is 35.5. The van der Waals surface area contributed by atoms with E-state index in [0.29, 0.717) is 27.9 Å². The van der Waals surface area contributed by atoms with Crippen molar-refractivity contribution in [1.82, 2.24) is 0 Å². The van der Waals surface area contributed by atoms with E-state index in [1.165, 1.54) is 11.4 Å². The summed E-state index contributed by atoms with van der Waals surface area (Å²) in [6, 6.07) is 11.5. The molecule has 0 spiro atoms. The molecule has 9 heteroatoms. The average molecular weight is 411 g/mol. The molecule has 0 saturated carbocycles. The number of carbonyl (C=O) groups is 1.